The van der Waals surface area contributed by atoms with Gasteiger partial charge in [0.2, 0.25) is 10.0 Å². The van der Waals surface area contributed by atoms with Crippen molar-refractivity contribution in [1.29, 1.82) is 0 Å². The molecule has 5 atom stereocenters. The Morgan fingerprint density at radius 3 is 2.56 bits per heavy atom. The summed E-state index contributed by atoms with van der Waals surface area (Å²) >= 11 is 0. The molecule has 1 unspecified atom stereocenters. The predicted molar refractivity (Wildman–Crippen MR) is 96.4 cm³/mol. The number of hydrogen-bond acceptors (Lipinski definition) is 6. The largest absolute Gasteiger partial charge is 0.465 e. The van der Waals surface area contributed by atoms with Gasteiger partial charge in [-0.05, 0) is 39.3 Å². The third-order valence-corrected chi connectivity index (χ3v) is 7.60. The van der Waals surface area contributed by atoms with Crippen molar-refractivity contribution < 1.29 is 27.4 Å². The topological polar surface area (TPSA) is 81.9 Å². The lowest BCUT2D eigenvalue weighted by molar-refractivity contribution is -0.164. The first-order valence-electron chi connectivity index (χ1n) is 9.14. The van der Waals surface area contributed by atoms with Gasteiger partial charge in [0.1, 0.15) is 6.10 Å². The molecule has 1 aromatic rings. The molecule has 2 saturated heterocycles. The summed E-state index contributed by atoms with van der Waals surface area (Å²) in [5.41, 5.74) is 0.374. The number of benzene rings is 1. The minimum Gasteiger partial charge on any atom is -0.465 e. The van der Waals surface area contributed by atoms with E-state index < -0.39 is 21.3 Å². The van der Waals surface area contributed by atoms with E-state index in [9.17, 15) is 13.2 Å². The Kier molecular flexibility index (Phi) is 4.20. The zero-order valence-corrected chi connectivity index (χ0v) is 16.8. The molecule has 0 bridgehead atoms. The fraction of sp³-hybridized carbons (Fsp3) is 0.632. The molecule has 0 N–H and O–H groups in total. The summed E-state index contributed by atoms with van der Waals surface area (Å²) in [4.78, 5) is 11.5. The van der Waals surface area contributed by atoms with E-state index >= 15 is 0 Å². The van der Waals surface area contributed by atoms with Gasteiger partial charge in [0.25, 0.3) is 0 Å². The summed E-state index contributed by atoms with van der Waals surface area (Å²) in [5.74, 6) is -1.25. The number of hydrogen-bond donors (Lipinski definition) is 0. The van der Waals surface area contributed by atoms with Crippen LogP contribution in [0.15, 0.2) is 29.2 Å². The summed E-state index contributed by atoms with van der Waals surface area (Å²) in [6.45, 7) is 7.52. The molecule has 2 heterocycles. The monoisotopic (exact) mass is 395 g/mol. The average Bonchev–Trinajstić information content (AvgIpc) is 3.14. The molecular formula is C19H25NO6S. The normalized spacial score (nSPS) is 36.6. The number of carbonyl (C=O) groups excluding carboxylic acids is 1. The van der Waals surface area contributed by atoms with Gasteiger partial charge in [0.05, 0.1) is 23.1 Å². The zero-order chi connectivity index (χ0) is 19.6. The lowest BCUT2D eigenvalue weighted by Gasteiger charge is -2.23. The second kappa shape index (κ2) is 6.01. The minimum absolute atomic E-state index is 0.0982. The molecule has 1 aliphatic carbocycles. The third-order valence-electron chi connectivity index (χ3n) is 5.66. The molecule has 4 rings (SSSR count). The quantitative estimate of drug-likeness (QED) is 0.572. The Balaban J connectivity index is 1.61. The summed E-state index contributed by atoms with van der Waals surface area (Å²) in [6.07, 6.45) is -0.109. The minimum atomic E-state index is -3.61. The van der Waals surface area contributed by atoms with Crippen LogP contribution in [0.1, 0.15) is 32.8 Å². The van der Waals surface area contributed by atoms with Crippen LogP contribution in [0.5, 0.6) is 0 Å². The van der Waals surface area contributed by atoms with Gasteiger partial charge in [-0.25, -0.2) is 8.42 Å². The number of esters is 1. The van der Waals surface area contributed by atoms with E-state index in [1.807, 2.05) is 20.8 Å². The van der Waals surface area contributed by atoms with Crippen molar-refractivity contribution in [2.45, 2.75) is 62.5 Å². The SMILES string of the molecule is CC(=O)OC[C@H]1C[C@]2(CN2S(=O)(=O)c2ccc(C)cc2)[C@@H]2OC(C)(C)O[C@H]12. The van der Waals surface area contributed by atoms with Crippen LogP contribution >= 0.6 is 0 Å². The Morgan fingerprint density at radius 2 is 1.93 bits per heavy atom. The molecule has 2 aliphatic heterocycles. The predicted octanol–water partition coefficient (Wildman–Crippen LogP) is 1.84. The lowest BCUT2D eigenvalue weighted by atomic mass is 10.0. The molecule has 3 fully saturated rings. The van der Waals surface area contributed by atoms with Crippen LogP contribution in [0.2, 0.25) is 0 Å². The van der Waals surface area contributed by atoms with Crippen LogP contribution in [0.4, 0.5) is 0 Å². The van der Waals surface area contributed by atoms with Gasteiger partial charge >= 0.3 is 5.97 Å². The first-order valence-corrected chi connectivity index (χ1v) is 10.6. The van der Waals surface area contributed by atoms with Crippen LogP contribution < -0.4 is 0 Å². The number of rotatable bonds is 4. The van der Waals surface area contributed by atoms with Crippen molar-refractivity contribution in [3.63, 3.8) is 0 Å². The second-order valence-corrected chi connectivity index (χ2v) is 10.1. The molecule has 148 valence electrons. The molecule has 1 saturated carbocycles. The van der Waals surface area contributed by atoms with E-state index in [1.54, 1.807) is 24.3 Å². The number of fused-ring (bicyclic) bond motifs is 2. The number of ether oxygens (including phenoxy) is 3. The highest BCUT2D eigenvalue weighted by Crippen LogP contribution is 2.57. The van der Waals surface area contributed by atoms with Crippen molar-refractivity contribution in [2.75, 3.05) is 13.2 Å². The second-order valence-electron chi connectivity index (χ2n) is 8.22. The molecule has 7 nitrogen and oxygen atoms in total. The molecule has 8 heteroatoms. The molecule has 3 aliphatic rings. The van der Waals surface area contributed by atoms with Gasteiger partial charge in [-0.1, -0.05) is 17.7 Å². The third kappa shape index (κ3) is 3.08. The van der Waals surface area contributed by atoms with Gasteiger partial charge < -0.3 is 14.2 Å². The smallest absolute Gasteiger partial charge is 0.302 e. The Hall–Kier alpha value is -1.48. The van der Waals surface area contributed by atoms with Crippen LogP contribution in [0.3, 0.4) is 0 Å². The van der Waals surface area contributed by atoms with Crippen molar-refractivity contribution in [2.24, 2.45) is 5.92 Å². The van der Waals surface area contributed by atoms with Crippen LogP contribution in [0, 0.1) is 12.8 Å². The van der Waals surface area contributed by atoms with E-state index in [0.717, 1.165) is 5.56 Å². The van der Waals surface area contributed by atoms with E-state index in [0.29, 0.717) is 13.0 Å². The van der Waals surface area contributed by atoms with Crippen LogP contribution in [-0.2, 0) is 29.0 Å². The highest BCUT2D eigenvalue weighted by molar-refractivity contribution is 7.89. The first-order chi connectivity index (χ1) is 12.6. The van der Waals surface area contributed by atoms with E-state index in [-0.39, 0.29) is 35.6 Å². The number of nitrogens with zero attached hydrogens (tertiary/aromatic N) is 1. The molecule has 0 radical (unpaired) electrons. The highest BCUT2D eigenvalue weighted by Gasteiger charge is 2.73. The molecule has 1 aromatic carbocycles. The Morgan fingerprint density at radius 1 is 1.26 bits per heavy atom. The first kappa shape index (κ1) is 18.9. The number of aryl methyl sites for hydroxylation is 1. The van der Waals surface area contributed by atoms with Gasteiger partial charge in [0, 0.05) is 19.4 Å². The van der Waals surface area contributed by atoms with Crippen LogP contribution in [-0.4, -0.2) is 55.4 Å². The lowest BCUT2D eigenvalue weighted by Crippen LogP contribution is -2.36. The fourth-order valence-corrected chi connectivity index (χ4v) is 6.17. The zero-order valence-electron chi connectivity index (χ0n) is 16.0. The molecule has 0 aromatic heterocycles. The van der Waals surface area contributed by atoms with Gasteiger partial charge in [-0.2, -0.15) is 4.31 Å². The van der Waals surface area contributed by atoms with Gasteiger partial charge in [0.15, 0.2) is 5.79 Å². The summed E-state index contributed by atoms with van der Waals surface area (Å²) < 4.78 is 45.1. The maximum atomic E-state index is 13.1. The summed E-state index contributed by atoms with van der Waals surface area (Å²) in [6, 6.07) is 6.86. The van der Waals surface area contributed by atoms with Crippen molar-refractivity contribution >= 4 is 16.0 Å². The highest BCUT2D eigenvalue weighted by atomic mass is 32.2. The number of sulfonamides is 1. The standard InChI is InChI=1S/C19H25NO6S/c1-12-5-7-15(8-6-12)27(22,23)20-11-19(20)9-14(10-24-13(2)21)16-17(19)26-18(3,4)25-16/h5-8,14,16-17H,9-11H2,1-4H3/t14-,16-,17-,19+,20?/m1/s1. The van der Waals surface area contributed by atoms with E-state index in [1.165, 1.54) is 11.2 Å². The van der Waals surface area contributed by atoms with Gasteiger partial charge in [-0.3, -0.25) is 4.79 Å². The maximum Gasteiger partial charge on any atom is 0.302 e. The molecular weight excluding hydrogens is 370 g/mol. The summed E-state index contributed by atoms with van der Waals surface area (Å²) in [7, 11) is -3.61. The van der Waals surface area contributed by atoms with E-state index in [4.69, 9.17) is 14.2 Å². The van der Waals surface area contributed by atoms with Crippen LogP contribution in [0.25, 0.3) is 0 Å². The number of carbonyl (C=O) groups is 1. The fourth-order valence-electron chi connectivity index (χ4n) is 4.39. The average molecular weight is 395 g/mol. The maximum absolute atomic E-state index is 13.1. The molecule has 27 heavy (non-hydrogen) atoms. The van der Waals surface area contributed by atoms with Crippen molar-refractivity contribution in [1.82, 2.24) is 4.31 Å². The van der Waals surface area contributed by atoms with Crippen molar-refractivity contribution in [3.05, 3.63) is 29.8 Å². The Labute approximate surface area is 159 Å². The summed E-state index contributed by atoms with van der Waals surface area (Å²) in [5, 5.41) is 0. The van der Waals surface area contributed by atoms with E-state index in [2.05, 4.69) is 0 Å². The van der Waals surface area contributed by atoms with Crippen molar-refractivity contribution in [3.8, 4) is 0 Å². The molecule has 1 spiro atoms. The van der Waals surface area contributed by atoms with Gasteiger partial charge in [-0.15, -0.1) is 0 Å². The molecule has 0 amide bonds. The Bertz CT molecular complexity index is 865.